The summed E-state index contributed by atoms with van der Waals surface area (Å²) in [5.74, 6) is 5.33. The predicted molar refractivity (Wildman–Crippen MR) is 69.7 cm³/mol. The molecule has 16 heavy (non-hydrogen) atoms. The third kappa shape index (κ3) is 11.7. The molecule has 1 atom stereocenters. The molecule has 0 aromatic rings. The van der Waals surface area contributed by atoms with Crippen LogP contribution in [0.4, 0.5) is 0 Å². The minimum atomic E-state index is 0. The molecule has 1 unspecified atom stereocenters. The number of nitrogens with zero attached hydrogens (tertiary/aromatic N) is 1. The van der Waals surface area contributed by atoms with E-state index in [-0.39, 0.29) is 18.3 Å². The molecule has 0 aliphatic heterocycles. The van der Waals surface area contributed by atoms with Crippen molar-refractivity contribution in [2.75, 3.05) is 6.54 Å². The smallest absolute Gasteiger partial charge is 0.0655 e. The van der Waals surface area contributed by atoms with Crippen molar-refractivity contribution in [3.05, 3.63) is 0 Å². The van der Waals surface area contributed by atoms with Gasteiger partial charge >= 0.3 is 0 Å². The summed E-state index contributed by atoms with van der Waals surface area (Å²) in [6, 6.07) is 2.39. The molecule has 0 aliphatic carbocycles. The van der Waals surface area contributed by atoms with E-state index in [2.05, 4.69) is 24.0 Å². The van der Waals surface area contributed by atoms with Gasteiger partial charge in [0.2, 0.25) is 0 Å². The van der Waals surface area contributed by atoms with E-state index >= 15 is 0 Å². The maximum atomic E-state index is 8.90. The molecule has 0 spiro atoms. The number of hydrogen-bond acceptors (Lipinski definition) is 4. The zero-order chi connectivity index (χ0) is 11.4. The Morgan fingerprint density at radius 2 is 1.88 bits per heavy atom. The normalized spacial score (nSPS) is 11.6. The van der Waals surface area contributed by atoms with Crippen LogP contribution in [-0.2, 0) is 0 Å². The van der Waals surface area contributed by atoms with Crippen LogP contribution < -0.4 is 16.8 Å². The highest BCUT2D eigenvalue weighted by Crippen LogP contribution is 2.15. The van der Waals surface area contributed by atoms with Gasteiger partial charge in [-0.1, -0.05) is 32.6 Å². The molecule has 4 N–H and O–H groups in total. The molecule has 0 heterocycles. The second-order valence-electron chi connectivity index (χ2n) is 3.89. The highest BCUT2D eigenvalue weighted by Gasteiger charge is 2.05. The minimum Gasteiger partial charge on any atom is -0.258 e. The third-order valence-electron chi connectivity index (χ3n) is 2.55. The summed E-state index contributed by atoms with van der Waals surface area (Å²) in [4.78, 5) is 0. The van der Waals surface area contributed by atoms with Gasteiger partial charge in [0.05, 0.1) is 6.07 Å². The molecular weight excluding hydrogens is 224 g/mol. The Hall–Kier alpha value is -0.340. The quantitative estimate of drug-likeness (QED) is 0.315. The zero-order valence-corrected chi connectivity index (χ0v) is 11.0. The number of unbranched alkanes of at least 4 members (excludes halogenated alkanes) is 3. The summed E-state index contributed by atoms with van der Waals surface area (Å²) in [7, 11) is 0. The molecule has 0 aliphatic rings. The standard InChI is InChI=1S/C11H24N4.ClH/c1-2-3-7-11(10-12)8-5-4-6-9-14-15-13;/h11,14-15H,2-9,13H2,1H3;1H. The van der Waals surface area contributed by atoms with Crippen LogP contribution in [0.15, 0.2) is 0 Å². The lowest BCUT2D eigenvalue weighted by Gasteiger charge is -2.07. The molecule has 0 saturated heterocycles. The summed E-state index contributed by atoms with van der Waals surface area (Å²) >= 11 is 0. The number of hydrogen-bond donors (Lipinski definition) is 3. The van der Waals surface area contributed by atoms with Crippen LogP contribution in [0.2, 0.25) is 0 Å². The highest BCUT2D eigenvalue weighted by atomic mass is 35.5. The molecule has 4 nitrogen and oxygen atoms in total. The number of rotatable bonds is 10. The summed E-state index contributed by atoms with van der Waals surface area (Å²) in [6.45, 7) is 3.06. The Morgan fingerprint density at radius 1 is 1.19 bits per heavy atom. The molecule has 96 valence electrons. The van der Waals surface area contributed by atoms with Gasteiger partial charge in [-0.15, -0.1) is 12.4 Å². The molecule has 0 bridgehead atoms. The third-order valence-corrected chi connectivity index (χ3v) is 2.55. The fourth-order valence-corrected chi connectivity index (χ4v) is 1.58. The van der Waals surface area contributed by atoms with Crippen LogP contribution in [0, 0.1) is 17.2 Å². The molecule has 0 saturated carbocycles. The van der Waals surface area contributed by atoms with Crippen LogP contribution in [0.25, 0.3) is 0 Å². The van der Waals surface area contributed by atoms with E-state index in [1.54, 1.807) is 0 Å². The minimum absolute atomic E-state index is 0. The fraction of sp³-hybridized carbons (Fsp3) is 0.909. The average Bonchev–Trinajstić information content (AvgIpc) is 2.27. The first kappa shape index (κ1) is 18.0. The topological polar surface area (TPSA) is 73.9 Å². The van der Waals surface area contributed by atoms with Crippen LogP contribution >= 0.6 is 12.4 Å². The van der Waals surface area contributed by atoms with E-state index in [4.69, 9.17) is 11.1 Å². The SMILES string of the molecule is CCCCC(C#N)CCCCCNNN.Cl. The van der Waals surface area contributed by atoms with Gasteiger partial charge in [-0.25, -0.2) is 5.43 Å². The van der Waals surface area contributed by atoms with E-state index in [1.807, 2.05) is 0 Å². The number of nitriles is 1. The Balaban J connectivity index is 0. The van der Waals surface area contributed by atoms with Crippen LogP contribution in [-0.4, -0.2) is 6.54 Å². The summed E-state index contributed by atoms with van der Waals surface area (Å²) < 4.78 is 0. The highest BCUT2D eigenvalue weighted by molar-refractivity contribution is 5.85. The molecule has 5 heteroatoms. The number of hydrazine groups is 2. The molecule has 0 rings (SSSR count). The fourth-order valence-electron chi connectivity index (χ4n) is 1.58. The number of nitrogens with two attached hydrogens (primary N) is 1. The van der Waals surface area contributed by atoms with Crippen molar-refractivity contribution < 1.29 is 0 Å². The summed E-state index contributed by atoms with van der Waals surface area (Å²) in [5, 5.41) is 8.90. The van der Waals surface area contributed by atoms with Crippen molar-refractivity contribution in [2.45, 2.75) is 51.9 Å². The van der Waals surface area contributed by atoms with E-state index in [0.717, 1.165) is 32.2 Å². The lowest BCUT2D eigenvalue weighted by Crippen LogP contribution is -2.38. The molecule has 0 radical (unpaired) electrons. The molecule has 0 aromatic heterocycles. The van der Waals surface area contributed by atoms with Gasteiger partial charge in [0.25, 0.3) is 0 Å². The molecule has 0 fully saturated rings. The Labute approximate surface area is 105 Å². The van der Waals surface area contributed by atoms with Crippen molar-refractivity contribution in [3.8, 4) is 6.07 Å². The van der Waals surface area contributed by atoms with Crippen molar-refractivity contribution in [3.63, 3.8) is 0 Å². The Kier molecular flexibility index (Phi) is 16.5. The van der Waals surface area contributed by atoms with Gasteiger partial charge in [0, 0.05) is 12.5 Å². The first-order valence-corrected chi connectivity index (χ1v) is 5.93. The maximum Gasteiger partial charge on any atom is 0.0655 e. The first-order chi connectivity index (χ1) is 7.35. The maximum absolute atomic E-state index is 8.90. The summed E-state index contributed by atoms with van der Waals surface area (Å²) in [5.41, 5.74) is 5.25. The van der Waals surface area contributed by atoms with E-state index in [0.29, 0.717) is 0 Å². The van der Waals surface area contributed by atoms with Crippen LogP contribution in [0.3, 0.4) is 0 Å². The van der Waals surface area contributed by atoms with Gasteiger partial charge in [-0.05, 0) is 19.3 Å². The Morgan fingerprint density at radius 3 is 2.44 bits per heavy atom. The average molecular weight is 249 g/mol. The van der Waals surface area contributed by atoms with Gasteiger partial charge in [0.15, 0.2) is 0 Å². The lowest BCUT2D eigenvalue weighted by molar-refractivity contribution is 0.475. The predicted octanol–water partition coefficient (Wildman–Crippen LogP) is 2.27. The van der Waals surface area contributed by atoms with E-state index in [9.17, 15) is 0 Å². The van der Waals surface area contributed by atoms with Gasteiger partial charge < -0.3 is 0 Å². The van der Waals surface area contributed by atoms with Gasteiger partial charge in [0.1, 0.15) is 0 Å². The second-order valence-corrected chi connectivity index (χ2v) is 3.89. The monoisotopic (exact) mass is 248 g/mol. The molecule has 0 amide bonds. The van der Waals surface area contributed by atoms with Crippen molar-refractivity contribution in [2.24, 2.45) is 11.8 Å². The molecule has 0 aromatic carbocycles. The number of nitrogens with one attached hydrogen (secondary N) is 2. The van der Waals surface area contributed by atoms with Crippen molar-refractivity contribution in [1.82, 2.24) is 11.0 Å². The zero-order valence-electron chi connectivity index (χ0n) is 10.2. The van der Waals surface area contributed by atoms with E-state index in [1.165, 1.54) is 19.3 Å². The van der Waals surface area contributed by atoms with Gasteiger partial charge in [-0.2, -0.15) is 10.8 Å². The first-order valence-electron chi connectivity index (χ1n) is 5.93. The Bertz CT molecular complexity index is 170. The van der Waals surface area contributed by atoms with Crippen LogP contribution in [0.5, 0.6) is 0 Å². The number of halogens is 1. The van der Waals surface area contributed by atoms with E-state index < -0.39 is 0 Å². The largest absolute Gasteiger partial charge is 0.258 e. The summed E-state index contributed by atoms with van der Waals surface area (Å²) in [6.07, 6.45) is 7.90. The lowest BCUT2D eigenvalue weighted by atomic mass is 9.97. The molecular formula is C11H25ClN4. The van der Waals surface area contributed by atoms with Crippen molar-refractivity contribution >= 4 is 12.4 Å². The van der Waals surface area contributed by atoms with Crippen molar-refractivity contribution in [1.29, 1.82) is 5.26 Å². The second kappa shape index (κ2) is 14.7. The van der Waals surface area contributed by atoms with Crippen LogP contribution in [0.1, 0.15) is 51.9 Å². The van der Waals surface area contributed by atoms with Gasteiger partial charge in [-0.3, -0.25) is 5.84 Å².